The summed E-state index contributed by atoms with van der Waals surface area (Å²) in [6.07, 6.45) is 3.40. The van der Waals surface area contributed by atoms with Gasteiger partial charge in [-0.3, -0.25) is 0 Å². The molecule has 0 saturated heterocycles. The van der Waals surface area contributed by atoms with Gasteiger partial charge >= 0.3 is 0 Å². The molecule has 0 heterocycles. The number of benzene rings is 2. The Morgan fingerprint density at radius 1 is 0.941 bits per heavy atom. The molecule has 1 aliphatic carbocycles. The highest BCUT2D eigenvalue weighted by Crippen LogP contribution is 2.29. The zero-order valence-corrected chi connectivity index (χ0v) is 9.76. The third-order valence-electron chi connectivity index (χ3n) is 3.57. The third kappa shape index (κ3) is 2.19. The Hall–Kier alpha value is -1.76. The molecule has 0 saturated carbocycles. The molecule has 1 aliphatic rings. The summed E-state index contributed by atoms with van der Waals surface area (Å²) in [5.41, 5.74) is 4.23. The minimum absolute atomic E-state index is 0.373. The smallest absolute Gasteiger partial charge is 0.115 e. The lowest BCUT2D eigenvalue weighted by Crippen LogP contribution is -2.03. The number of fused-ring (bicyclic) bond motifs is 1. The number of rotatable bonds is 2. The number of aromatic hydroxyl groups is 1. The van der Waals surface area contributed by atoms with Crippen molar-refractivity contribution in [3.8, 4) is 5.75 Å². The van der Waals surface area contributed by atoms with Crippen molar-refractivity contribution >= 4 is 0 Å². The maximum absolute atomic E-state index is 9.46. The van der Waals surface area contributed by atoms with Gasteiger partial charge in [-0.2, -0.15) is 0 Å². The molecule has 0 atom stereocenters. The minimum atomic E-state index is 0.373. The van der Waals surface area contributed by atoms with Crippen LogP contribution >= 0.6 is 0 Å². The van der Waals surface area contributed by atoms with Crippen LogP contribution in [0.4, 0.5) is 0 Å². The maximum Gasteiger partial charge on any atom is 0.115 e. The van der Waals surface area contributed by atoms with Gasteiger partial charge in [0.2, 0.25) is 0 Å². The molecule has 0 amide bonds. The molecular formula is C16H16O. The Balaban J connectivity index is 1.74. The third-order valence-corrected chi connectivity index (χ3v) is 3.57. The first-order valence-electron chi connectivity index (χ1n) is 6.16. The van der Waals surface area contributed by atoms with E-state index in [0.29, 0.717) is 11.7 Å². The summed E-state index contributed by atoms with van der Waals surface area (Å²) >= 11 is 0. The van der Waals surface area contributed by atoms with Crippen LogP contribution in [0.5, 0.6) is 5.75 Å². The highest BCUT2D eigenvalue weighted by Gasteiger charge is 2.20. The van der Waals surface area contributed by atoms with E-state index in [1.165, 1.54) is 29.5 Å². The first-order chi connectivity index (χ1) is 8.31. The van der Waals surface area contributed by atoms with Crippen molar-refractivity contribution < 1.29 is 5.11 Å². The second kappa shape index (κ2) is 4.25. The summed E-state index contributed by atoms with van der Waals surface area (Å²) in [6, 6.07) is 16.3. The highest BCUT2D eigenvalue weighted by atomic mass is 16.3. The maximum atomic E-state index is 9.46. The molecule has 0 unspecified atom stereocenters. The van der Waals surface area contributed by atoms with Crippen LogP contribution in [0.2, 0.25) is 0 Å². The Labute approximate surface area is 102 Å². The molecule has 0 spiro atoms. The quantitative estimate of drug-likeness (QED) is 0.829. The molecule has 3 rings (SSSR count). The average molecular weight is 224 g/mol. The summed E-state index contributed by atoms with van der Waals surface area (Å²) in [4.78, 5) is 0. The van der Waals surface area contributed by atoms with Crippen LogP contribution in [0.15, 0.2) is 48.5 Å². The van der Waals surface area contributed by atoms with E-state index >= 15 is 0 Å². The van der Waals surface area contributed by atoms with Crippen LogP contribution in [0, 0.1) is 5.92 Å². The zero-order chi connectivity index (χ0) is 11.7. The molecule has 2 aromatic rings. The molecule has 0 aromatic heterocycles. The van der Waals surface area contributed by atoms with Gasteiger partial charge in [-0.15, -0.1) is 0 Å². The van der Waals surface area contributed by atoms with Crippen LogP contribution in [0.1, 0.15) is 16.7 Å². The first-order valence-corrected chi connectivity index (χ1v) is 6.16. The van der Waals surface area contributed by atoms with Crippen molar-refractivity contribution in [2.24, 2.45) is 5.92 Å². The van der Waals surface area contributed by atoms with Crippen molar-refractivity contribution in [2.45, 2.75) is 19.3 Å². The fourth-order valence-corrected chi connectivity index (χ4v) is 2.81. The second-order valence-electron chi connectivity index (χ2n) is 4.92. The average Bonchev–Trinajstić information content (AvgIpc) is 2.71. The lowest BCUT2D eigenvalue weighted by Gasteiger charge is -2.09. The Kier molecular flexibility index (Phi) is 2.60. The predicted octanol–water partition coefficient (Wildman–Crippen LogP) is 3.35. The van der Waals surface area contributed by atoms with E-state index < -0.39 is 0 Å². The van der Waals surface area contributed by atoms with Gasteiger partial charge in [0.1, 0.15) is 5.75 Å². The van der Waals surface area contributed by atoms with Crippen LogP contribution in [0.25, 0.3) is 0 Å². The molecule has 2 aromatic carbocycles. The van der Waals surface area contributed by atoms with Crippen molar-refractivity contribution in [1.82, 2.24) is 0 Å². The fraction of sp³-hybridized carbons (Fsp3) is 0.250. The van der Waals surface area contributed by atoms with Gasteiger partial charge < -0.3 is 5.11 Å². The zero-order valence-electron chi connectivity index (χ0n) is 9.76. The topological polar surface area (TPSA) is 20.2 Å². The Morgan fingerprint density at radius 2 is 1.65 bits per heavy atom. The summed E-state index contributed by atoms with van der Waals surface area (Å²) in [5.74, 6) is 1.06. The van der Waals surface area contributed by atoms with E-state index in [4.69, 9.17) is 0 Å². The number of hydrogen-bond donors (Lipinski definition) is 1. The summed E-state index contributed by atoms with van der Waals surface area (Å²) < 4.78 is 0. The monoisotopic (exact) mass is 224 g/mol. The van der Waals surface area contributed by atoms with E-state index in [1.54, 1.807) is 6.07 Å². The van der Waals surface area contributed by atoms with Gasteiger partial charge in [-0.1, -0.05) is 36.4 Å². The Morgan fingerprint density at radius 3 is 2.29 bits per heavy atom. The van der Waals surface area contributed by atoms with Crippen LogP contribution in [0.3, 0.4) is 0 Å². The standard InChI is InChI=1S/C16H16O/c17-16-7-3-4-12(11-16)8-13-9-14-5-1-2-6-15(14)10-13/h1-7,11,13,17H,8-10H2. The number of phenols is 1. The van der Waals surface area contributed by atoms with Crippen LogP contribution in [-0.2, 0) is 19.3 Å². The van der Waals surface area contributed by atoms with Crippen molar-refractivity contribution in [2.75, 3.05) is 0 Å². The molecular weight excluding hydrogens is 208 g/mol. The van der Waals surface area contributed by atoms with Gasteiger partial charge in [-0.25, -0.2) is 0 Å². The van der Waals surface area contributed by atoms with E-state index in [0.717, 1.165) is 6.42 Å². The van der Waals surface area contributed by atoms with Crippen LogP contribution < -0.4 is 0 Å². The van der Waals surface area contributed by atoms with Gasteiger partial charge in [0.05, 0.1) is 0 Å². The molecule has 17 heavy (non-hydrogen) atoms. The molecule has 86 valence electrons. The van der Waals surface area contributed by atoms with E-state index in [9.17, 15) is 5.11 Å². The summed E-state index contributed by atoms with van der Waals surface area (Å²) in [5, 5.41) is 9.46. The lowest BCUT2D eigenvalue weighted by molar-refractivity contribution is 0.473. The van der Waals surface area contributed by atoms with Gasteiger partial charge in [-0.05, 0) is 54.0 Å². The largest absolute Gasteiger partial charge is 0.508 e. The van der Waals surface area contributed by atoms with Gasteiger partial charge in [0.25, 0.3) is 0 Å². The van der Waals surface area contributed by atoms with Gasteiger partial charge in [0, 0.05) is 0 Å². The summed E-state index contributed by atoms with van der Waals surface area (Å²) in [7, 11) is 0. The first kappa shape index (κ1) is 10.4. The molecule has 0 bridgehead atoms. The van der Waals surface area contributed by atoms with Gasteiger partial charge in [0.15, 0.2) is 0 Å². The fourth-order valence-electron chi connectivity index (χ4n) is 2.81. The molecule has 1 N–H and O–H groups in total. The predicted molar refractivity (Wildman–Crippen MR) is 69.2 cm³/mol. The number of phenolic OH excluding ortho intramolecular Hbond substituents is 1. The Bertz CT molecular complexity index is 506. The van der Waals surface area contributed by atoms with Crippen molar-refractivity contribution in [3.63, 3.8) is 0 Å². The molecule has 0 fully saturated rings. The second-order valence-corrected chi connectivity index (χ2v) is 4.92. The van der Waals surface area contributed by atoms with E-state index in [1.807, 2.05) is 12.1 Å². The van der Waals surface area contributed by atoms with Crippen molar-refractivity contribution in [3.05, 3.63) is 65.2 Å². The minimum Gasteiger partial charge on any atom is -0.508 e. The van der Waals surface area contributed by atoms with E-state index in [2.05, 4.69) is 30.3 Å². The molecule has 0 aliphatic heterocycles. The molecule has 1 heteroatoms. The number of hydrogen-bond acceptors (Lipinski definition) is 1. The molecule has 1 nitrogen and oxygen atoms in total. The van der Waals surface area contributed by atoms with Crippen molar-refractivity contribution in [1.29, 1.82) is 0 Å². The normalized spacial score (nSPS) is 14.8. The summed E-state index contributed by atoms with van der Waals surface area (Å²) in [6.45, 7) is 0. The highest BCUT2D eigenvalue weighted by molar-refractivity contribution is 5.34. The SMILES string of the molecule is Oc1cccc(CC2Cc3ccccc3C2)c1. The van der Waals surface area contributed by atoms with E-state index in [-0.39, 0.29) is 0 Å². The molecule has 0 radical (unpaired) electrons. The lowest BCUT2D eigenvalue weighted by atomic mass is 9.96. The van der Waals surface area contributed by atoms with Crippen LogP contribution in [-0.4, -0.2) is 5.11 Å².